The van der Waals surface area contributed by atoms with Crippen molar-refractivity contribution in [1.82, 2.24) is 0 Å². The third-order valence-electron chi connectivity index (χ3n) is 2.20. The Labute approximate surface area is 105 Å². The van der Waals surface area contributed by atoms with E-state index in [0.29, 0.717) is 6.54 Å². The molecule has 0 spiro atoms. The van der Waals surface area contributed by atoms with E-state index >= 15 is 0 Å². The molecular formula is C13H12ClNS. The highest BCUT2D eigenvalue weighted by atomic mass is 35.5. The molecule has 82 valence electrons. The highest BCUT2D eigenvalue weighted by Gasteiger charge is 2.03. The molecule has 0 aromatic heterocycles. The van der Waals surface area contributed by atoms with Crippen molar-refractivity contribution < 1.29 is 0 Å². The fourth-order valence-corrected chi connectivity index (χ4v) is 2.52. The molecule has 0 aliphatic rings. The molecule has 2 rings (SSSR count). The zero-order valence-electron chi connectivity index (χ0n) is 8.69. The third kappa shape index (κ3) is 2.79. The Morgan fingerprint density at radius 1 is 1.06 bits per heavy atom. The van der Waals surface area contributed by atoms with Gasteiger partial charge >= 0.3 is 0 Å². The van der Waals surface area contributed by atoms with Crippen LogP contribution in [0.1, 0.15) is 5.56 Å². The Hall–Kier alpha value is -0.960. The molecule has 0 amide bonds. The molecular weight excluding hydrogens is 238 g/mol. The van der Waals surface area contributed by atoms with Crippen molar-refractivity contribution in [3.63, 3.8) is 0 Å². The van der Waals surface area contributed by atoms with Gasteiger partial charge in [-0.25, -0.2) is 0 Å². The average Bonchev–Trinajstić information content (AvgIpc) is 2.33. The van der Waals surface area contributed by atoms with E-state index in [1.807, 2.05) is 36.4 Å². The predicted octanol–water partition coefficient (Wildman–Crippen LogP) is 3.95. The van der Waals surface area contributed by atoms with Crippen molar-refractivity contribution in [1.29, 1.82) is 0 Å². The maximum atomic E-state index is 6.14. The van der Waals surface area contributed by atoms with Crippen molar-refractivity contribution in [3.05, 3.63) is 59.1 Å². The quantitative estimate of drug-likeness (QED) is 0.892. The lowest BCUT2D eigenvalue weighted by molar-refractivity contribution is 1.06. The molecule has 0 fully saturated rings. The van der Waals surface area contributed by atoms with Gasteiger partial charge in [0.05, 0.1) is 5.02 Å². The maximum absolute atomic E-state index is 6.14. The monoisotopic (exact) mass is 249 g/mol. The van der Waals surface area contributed by atoms with Gasteiger partial charge in [0.15, 0.2) is 0 Å². The van der Waals surface area contributed by atoms with Crippen LogP contribution in [0.2, 0.25) is 5.02 Å². The first kappa shape index (κ1) is 11.5. The van der Waals surface area contributed by atoms with Gasteiger partial charge in [-0.05, 0) is 29.8 Å². The smallest absolute Gasteiger partial charge is 0.0545 e. The minimum absolute atomic E-state index is 0.541. The van der Waals surface area contributed by atoms with Crippen LogP contribution < -0.4 is 5.73 Å². The molecule has 1 nitrogen and oxygen atoms in total. The van der Waals surface area contributed by atoms with Crippen molar-refractivity contribution in [3.8, 4) is 0 Å². The van der Waals surface area contributed by atoms with Gasteiger partial charge in [0.2, 0.25) is 0 Å². The Morgan fingerprint density at radius 2 is 1.81 bits per heavy atom. The summed E-state index contributed by atoms with van der Waals surface area (Å²) in [6.07, 6.45) is 0. The fraction of sp³-hybridized carbons (Fsp3) is 0.0769. The van der Waals surface area contributed by atoms with Gasteiger partial charge in [-0.15, -0.1) is 0 Å². The molecule has 0 saturated heterocycles. The lowest BCUT2D eigenvalue weighted by Gasteiger charge is -2.06. The maximum Gasteiger partial charge on any atom is 0.0545 e. The number of hydrogen-bond acceptors (Lipinski definition) is 2. The minimum atomic E-state index is 0.541. The van der Waals surface area contributed by atoms with E-state index < -0.39 is 0 Å². The van der Waals surface area contributed by atoms with Gasteiger partial charge in [0, 0.05) is 16.3 Å². The van der Waals surface area contributed by atoms with Crippen LogP contribution in [0.15, 0.2) is 58.3 Å². The largest absolute Gasteiger partial charge is 0.326 e. The summed E-state index contributed by atoms with van der Waals surface area (Å²) >= 11 is 7.80. The number of nitrogens with two attached hydrogens (primary N) is 1. The van der Waals surface area contributed by atoms with E-state index in [2.05, 4.69) is 12.1 Å². The Balaban J connectivity index is 2.27. The van der Waals surface area contributed by atoms with Gasteiger partial charge in [-0.3, -0.25) is 0 Å². The van der Waals surface area contributed by atoms with E-state index in [0.717, 1.165) is 15.5 Å². The van der Waals surface area contributed by atoms with Crippen molar-refractivity contribution in [2.75, 3.05) is 0 Å². The molecule has 2 aromatic rings. The lowest BCUT2D eigenvalue weighted by atomic mass is 10.2. The Kier molecular flexibility index (Phi) is 3.88. The highest BCUT2D eigenvalue weighted by molar-refractivity contribution is 7.99. The Bertz CT molecular complexity index is 471. The molecule has 0 unspecified atom stereocenters. The van der Waals surface area contributed by atoms with E-state index in [1.54, 1.807) is 11.8 Å². The molecule has 0 heterocycles. The van der Waals surface area contributed by atoms with E-state index in [4.69, 9.17) is 17.3 Å². The Morgan fingerprint density at radius 3 is 2.50 bits per heavy atom. The second kappa shape index (κ2) is 5.39. The highest BCUT2D eigenvalue weighted by Crippen LogP contribution is 2.33. The second-order valence-corrected chi connectivity index (χ2v) is 4.91. The first-order chi connectivity index (χ1) is 7.79. The van der Waals surface area contributed by atoms with Crippen LogP contribution in [0.3, 0.4) is 0 Å². The van der Waals surface area contributed by atoms with E-state index in [-0.39, 0.29) is 0 Å². The SMILES string of the molecule is NCc1ccc(Cl)c(Sc2ccccc2)c1. The standard InChI is InChI=1S/C13H12ClNS/c14-12-7-6-10(9-15)8-13(12)16-11-4-2-1-3-5-11/h1-8H,9,15H2. The van der Waals surface area contributed by atoms with Crippen LogP contribution >= 0.6 is 23.4 Å². The van der Waals surface area contributed by atoms with E-state index in [1.165, 1.54) is 4.90 Å². The number of hydrogen-bond donors (Lipinski definition) is 1. The topological polar surface area (TPSA) is 26.0 Å². The molecule has 0 aliphatic heterocycles. The third-order valence-corrected chi connectivity index (χ3v) is 3.71. The summed E-state index contributed by atoms with van der Waals surface area (Å²) in [7, 11) is 0. The van der Waals surface area contributed by atoms with Crippen LogP contribution in [0.4, 0.5) is 0 Å². The van der Waals surface area contributed by atoms with Crippen molar-refractivity contribution in [2.24, 2.45) is 5.73 Å². The van der Waals surface area contributed by atoms with Crippen LogP contribution in [0, 0.1) is 0 Å². The molecule has 0 saturated carbocycles. The fourth-order valence-electron chi connectivity index (χ4n) is 1.37. The molecule has 0 aliphatic carbocycles. The summed E-state index contributed by atoms with van der Waals surface area (Å²) in [5.41, 5.74) is 6.71. The van der Waals surface area contributed by atoms with Crippen molar-refractivity contribution >= 4 is 23.4 Å². The van der Waals surface area contributed by atoms with Crippen LogP contribution in [0.25, 0.3) is 0 Å². The molecule has 3 heteroatoms. The second-order valence-electron chi connectivity index (χ2n) is 3.38. The predicted molar refractivity (Wildman–Crippen MR) is 69.9 cm³/mol. The van der Waals surface area contributed by atoms with Gasteiger partial charge in [-0.1, -0.05) is 47.6 Å². The number of rotatable bonds is 3. The van der Waals surface area contributed by atoms with E-state index in [9.17, 15) is 0 Å². The summed E-state index contributed by atoms with van der Waals surface area (Å²) in [6, 6.07) is 16.1. The average molecular weight is 250 g/mol. The molecule has 2 N–H and O–H groups in total. The summed E-state index contributed by atoms with van der Waals surface area (Å²) in [6.45, 7) is 0.541. The van der Waals surface area contributed by atoms with Gasteiger partial charge < -0.3 is 5.73 Å². The number of halogens is 1. The normalized spacial score (nSPS) is 10.4. The van der Waals surface area contributed by atoms with Crippen LogP contribution in [-0.4, -0.2) is 0 Å². The molecule has 0 atom stereocenters. The summed E-state index contributed by atoms with van der Waals surface area (Å²) in [5, 5.41) is 0.769. The zero-order valence-corrected chi connectivity index (χ0v) is 10.3. The van der Waals surface area contributed by atoms with Crippen LogP contribution in [-0.2, 0) is 6.54 Å². The lowest BCUT2D eigenvalue weighted by Crippen LogP contribution is -1.95. The zero-order chi connectivity index (χ0) is 11.4. The van der Waals surface area contributed by atoms with Crippen LogP contribution in [0.5, 0.6) is 0 Å². The van der Waals surface area contributed by atoms with Gasteiger partial charge in [0.25, 0.3) is 0 Å². The summed E-state index contributed by atoms with van der Waals surface area (Å²) < 4.78 is 0. The first-order valence-corrected chi connectivity index (χ1v) is 6.20. The van der Waals surface area contributed by atoms with Crippen molar-refractivity contribution in [2.45, 2.75) is 16.3 Å². The molecule has 16 heavy (non-hydrogen) atoms. The molecule has 0 bridgehead atoms. The first-order valence-electron chi connectivity index (χ1n) is 5.01. The molecule has 0 radical (unpaired) electrons. The van der Waals surface area contributed by atoms with Gasteiger partial charge in [0.1, 0.15) is 0 Å². The molecule has 2 aromatic carbocycles. The number of benzene rings is 2. The summed E-state index contributed by atoms with van der Waals surface area (Å²) in [4.78, 5) is 2.23. The minimum Gasteiger partial charge on any atom is -0.326 e. The summed E-state index contributed by atoms with van der Waals surface area (Å²) in [5.74, 6) is 0. The van der Waals surface area contributed by atoms with Gasteiger partial charge in [-0.2, -0.15) is 0 Å².